The number of hydrogen-bond acceptors (Lipinski definition) is 0. The predicted molar refractivity (Wildman–Crippen MR) is 88.6 cm³/mol. The molecule has 0 saturated heterocycles. The molecule has 21 heavy (non-hydrogen) atoms. The molecule has 1 radical (unpaired) electrons. The van der Waals surface area contributed by atoms with Gasteiger partial charge in [-0.25, -0.2) is 0 Å². The van der Waals surface area contributed by atoms with E-state index in [4.69, 9.17) is 6.42 Å². The molecule has 0 N–H and O–H groups in total. The predicted octanol–water partition coefficient (Wildman–Crippen LogP) is 5.34. The lowest BCUT2D eigenvalue weighted by Gasteiger charge is -2.05. The van der Waals surface area contributed by atoms with Gasteiger partial charge in [0.1, 0.15) is 0 Å². The maximum absolute atomic E-state index is 6.89. The van der Waals surface area contributed by atoms with E-state index >= 15 is 0 Å². The van der Waals surface area contributed by atoms with Crippen molar-refractivity contribution in [2.45, 2.75) is 44.9 Å². The largest absolute Gasteiger partial charge is 0.0891 e. The van der Waals surface area contributed by atoms with Crippen LogP contribution in [0.25, 0.3) is 11.1 Å². The molecule has 0 spiro atoms. The van der Waals surface area contributed by atoms with Crippen LogP contribution in [0, 0.1) is 12.3 Å². The molecular weight excluding hydrogens is 252 g/mol. The third-order valence-electron chi connectivity index (χ3n) is 4.38. The van der Waals surface area contributed by atoms with Gasteiger partial charge in [-0.1, -0.05) is 61.2 Å². The highest BCUT2D eigenvalue weighted by Crippen LogP contribution is 2.36. The minimum absolute atomic E-state index is 0.817. The first kappa shape index (κ1) is 14.0. The minimum atomic E-state index is 0.817. The summed E-state index contributed by atoms with van der Waals surface area (Å²) in [6, 6.07) is 15.8. The summed E-state index contributed by atoms with van der Waals surface area (Å²) in [7, 11) is 0. The number of hydrogen-bond donors (Lipinski definition) is 0. The van der Waals surface area contributed by atoms with Crippen molar-refractivity contribution in [2.24, 2.45) is 0 Å². The van der Waals surface area contributed by atoms with E-state index in [1.54, 1.807) is 0 Å². The number of rotatable bonds is 6. The van der Waals surface area contributed by atoms with E-state index < -0.39 is 0 Å². The van der Waals surface area contributed by atoms with Crippen molar-refractivity contribution in [1.29, 1.82) is 0 Å². The summed E-state index contributed by atoms with van der Waals surface area (Å²) < 4.78 is 0. The van der Waals surface area contributed by atoms with Gasteiger partial charge < -0.3 is 0 Å². The second-order valence-corrected chi connectivity index (χ2v) is 5.92. The fraction of sp³-hybridized carbons (Fsp3) is 0.333. The Labute approximate surface area is 128 Å². The Morgan fingerprint density at radius 3 is 2.57 bits per heavy atom. The number of benzene rings is 2. The quantitative estimate of drug-likeness (QED) is 0.420. The van der Waals surface area contributed by atoms with Crippen LogP contribution in [0.5, 0.6) is 0 Å². The summed E-state index contributed by atoms with van der Waals surface area (Å²) in [5.74, 6) is 2.46. The fourth-order valence-corrected chi connectivity index (χ4v) is 3.25. The Kier molecular flexibility index (Phi) is 4.41. The highest BCUT2D eigenvalue weighted by molar-refractivity contribution is 5.76. The van der Waals surface area contributed by atoms with E-state index in [0.29, 0.717) is 0 Å². The fourth-order valence-electron chi connectivity index (χ4n) is 3.25. The molecule has 0 unspecified atom stereocenters. The Hall–Kier alpha value is -2.00. The summed E-state index contributed by atoms with van der Waals surface area (Å²) in [6.45, 7) is 0. The number of aryl methyl sites for hydroxylation is 1. The summed E-state index contributed by atoms with van der Waals surface area (Å²) in [4.78, 5) is 0. The van der Waals surface area contributed by atoms with Gasteiger partial charge in [0.05, 0.1) is 0 Å². The molecule has 0 heterocycles. The molecule has 0 aromatic heterocycles. The molecule has 0 amide bonds. The van der Waals surface area contributed by atoms with Crippen molar-refractivity contribution in [1.82, 2.24) is 0 Å². The minimum Gasteiger partial charge on any atom is -0.0891 e. The first-order valence-electron chi connectivity index (χ1n) is 7.98. The lowest BCUT2D eigenvalue weighted by Crippen LogP contribution is -1.89. The van der Waals surface area contributed by atoms with Gasteiger partial charge in [-0.05, 0) is 59.9 Å². The van der Waals surface area contributed by atoms with Gasteiger partial charge >= 0.3 is 0 Å². The van der Waals surface area contributed by atoms with Gasteiger partial charge in [0.2, 0.25) is 0 Å². The third-order valence-corrected chi connectivity index (χ3v) is 4.38. The molecular formula is C21H21. The molecule has 0 nitrogen and oxygen atoms in total. The average Bonchev–Trinajstić information content (AvgIpc) is 2.88. The van der Waals surface area contributed by atoms with Crippen molar-refractivity contribution in [3.05, 3.63) is 65.6 Å². The lowest BCUT2D eigenvalue weighted by atomic mass is 10.00. The van der Waals surface area contributed by atoms with Crippen LogP contribution in [0.15, 0.2) is 42.5 Å². The summed E-state index contributed by atoms with van der Waals surface area (Å²) in [6.07, 6.45) is 14.8. The molecule has 0 aliphatic heterocycles. The maximum Gasteiger partial charge on any atom is 0.00989 e. The van der Waals surface area contributed by atoms with E-state index in [9.17, 15) is 0 Å². The van der Waals surface area contributed by atoms with Crippen molar-refractivity contribution in [3.8, 4) is 17.0 Å². The van der Waals surface area contributed by atoms with E-state index in [1.807, 2.05) is 0 Å². The smallest absolute Gasteiger partial charge is 0.00989 e. The van der Waals surface area contributed by atoms with Crippen molar-refractivity contribution < 1.29 is 0 Å². The van der Waals surface area contributed by atoms with E-state index in [0.717, 1.165) is 19.3 Å². The Morgan fingerprint density at radius 2 is 1.67 bits per heavy atom. The highest BCUT2D eigenvalue weighted by atomic mass is 14.2. The zero-order valence-corrected chi connectivity index (χ0v) is 12.5. The number of unbranched alkanes of at least 4 members (excludes halogenated alkanes) is 4. The van der Waals surface area contributed by atoms with Gasteiger partial charge in [-0.2, -0.15) is 0 Å². The van der Waals surface area contributed by atoms with Crippen LogP contribution in [0.4, 0.5) is 0 Å². The topological polar surface area (TPSA) is 0 Å². The van der Waals surface area contributed by atoms with Crippen molar-refractivity contribution >= 4 is 0 Å². The highest BCUT2D eigenvalue weighted by Gasteiger charge is 2.17. The second-order valence-electron chi connectivity index (χ2n) is 5.92. The Morgan fingerprint density at radius 1 is 0.857 bits per heavy atom. The zero-order chi connectivity index (χ0) is 14.5. The molecule has 2 aromatic rings. The molecule has 1 aliphatic carbocycles. The normalized spacial score (nSPS) is 11.8. The summed E-state index contributed by atoms with van der Waals surface area (Å²) in [5.41, 5.74) is 7.28. The standard InChI is InChI=1S/C21H21/c1-2-3-4-5-6-7-10-17-13-14-21-19(15-17)16-18-11-8-9-12-20(18)21/h8-9,11-15H,3-7,10,16H2. The monoisotopic (exact) mass is 273 g/mol. The van der Waals surface area contributed by atoms with Crippen molar-refractivity contribution in [2.75, 3.05) is 0 Å². The van der Waals surface area contributed by atoms with Crippen LogP contribution in [-0.2, 0) is 12.8 Å². The van der Waals surface area contributed by atoms with E-state index in [2.05, 4.69) is 48.4 Å². The molecule has 0 saturated carbocycles. The van der Waals surface area contributed by atoms with Crippen LogP contribution in [0.2, 0.25) is 0 Å². The van der Waals surface area contributed by atoms with E-state index in [1.165, 1.54) is 53.5 Å². The molecule has 105 valence electrons. The molecule has 0 bridgehead atoms. The summed E-state index contributed by atoms with van der Waals surface area (Å²) in [5, 5.41) is 0. The molecule has 1 aliphatic rings. The molecule has 3 rings (SSSR count). The van der Waals surface area contributed by atoms with Crippen LogP contribution in [0.1, 0.15) is 48.8 Å². The SMILES string of the molecule is [C]#CCCCCCCc1ccc2c(c1)Cc1ccccc1-2. The molecule has 2 aromatic carbocycles. The van der Waals surface area contributed by atoms with Gasteiger partial charge in [0, 0.05) is 6.42 Å². The first-order chi connectivity index (χ1) is 10.4. The molecule has 0 atom stereocenters. The van der Waals surface area contributed by atoms with E-state index in [-0.39, 0.29) is 0 Å². The van der Waals surface area contributed by atoms with Gasteiger partial charge in [0.15, 0.2) is 0 Å². The Balaban J connectivity index is 1.58. The number of fused-ring (bicyclic) bond motifs is 3. The Bertz CT molecular complexity index is 658. The van der Waals surface area contributed by atoms with Gasteiger partial charge in [-0.3, -0.25) is 0 Å². The zero-order valence-electron chi connectivity index (χ0n) is 12.5. The summed E-state index contributed by atoms with van der Waals surface area (Å²) >= 11 is 0. The van der Waals surface area contributed by atoms with Crippen LogP contribution in [-0.4, -0.2) is 0 Å². The molecule has 0 heteroatoms. The lowest BCUT2D eigenvalue weighted by molar-refractivity contribution is 0.650. The van der Waals surface area contributed by atoms with Gasteiger partial charge in [-0.15, -0.1) is 0 Å². The molecule has 0 fully saturated rings. The van der Waals surface area contributed by atoms with Crippen LogP contribution >= 0.6 is 0 Å². The van der Waals surface area contributed by atoms with Crippen molar-refractivity contribution in [3.63, 3.8) is 0 Å². The first-order valence-corrected chi connectivity index (χ1v) is 7.98. The maximum atomic E-state index is 6.89. The van der Waals surface area contributed by atoms with Crippen LogP contribution < -0.4 is 0 Å². The second kappa shape index (κ2) is 6.64. The third kappa shape index (κ3) is 3.19. The van der Waals surface area contributed by atoms with Gasteiger partial charge in [0.25, 0.3) is 0 Å². The average molecular weight is 273 g/mol. The van der Waals surface area contributed by atoms with Crippen LogP contribution in [0.3, 0.4) is 0 Å².